The number of phosphoric ester groups is 1. The zero-order valence-corrected chi connectivity index (χ0v) is 24.0. The molecule has 0 aromatic carbocycles. The summed E-state index contributed by atoms with van der Waals surface area (Å²) in [4.78, 5) is 35.7. The molecule has 0 rings (SSSR count). The molecule has 2 unspecified atom stereocenters. The van der Waals surface area contributed by atoms with Crippen LogP contribution in [0.15, 0.2) is 48.6 Å². The van der Waals surface area contributed by atoms with Gasteiger partial charge < -0.3 is 27.9 Å². The van der Waals surface area contributed by atoms with Crippen molar-refractivity contribution < 1.29 is 42.1 Å². The molecule has 0 saturated heterocycles. The second kappa shape index (κ2) is 21.0. The van der Waals surface area contributed by atoms with Crippen molar-refractivity contribution in [3.63, 3.8) is 0 Å². The molecular weight excluding hydrogens is 497 g/mol. The van der Waals surface area contributed by atoms with E-state index in [1.165, 1.54) is 0 Å². The largest absolute Gasteiger partial charge is 0.756 e. The molecule has 0 N–H and O–H groups in total. The first-order chi connectivity index (χ1) is 17.5. The van der Waals surface area contributed by atoms with Crippen molar-refractivity contribution in [2.24, 2.45) is 0 Å². The Kier molecular flexibility index (Phi) is 19.8. The van der Waals surface area contributed by atoms with E-state index in [2.05, 4.69) is 43.4 Å². The molecule has 2 atom stereocenters. The fraction of sp³-hybridized carbons (Fsp3) is 0.630. The Bertz CT molecular complexity index is 799. The van der Waals surface area contributed by atoms with Crippen LogP contribution >= 0.6 is 7.82 Å². The molecule has 10 heteroatoms. The molecule has 0 aliphatic heterocycles. The third kappa shape index (κ3) is 24.1. The topological polar surface area (TPSA) is 111 Å². The van der Waals surface area contributed by atoms with Gasteiger partial charge in [0.2, 0.25) is 0 Å². The van der Waals surface area contributed by atoms with Gasteiger partial charge in [0.15, 0.2) is 6.10 Å². The number of rotatable bonds is 21. The van der Waals surface area contributed by atoms with E-state index in [4.69, 9.17) is 18.5 Å². The van der Waals surface area contributed by atoms with Gasteiger partial charge in [0.25, 0.3) is 7.82 Å². The zero-order valence-electron chi connectivity index (χ0n) is 23.1. The summed E-state index contributed by atoms with van der Waals surface area (Å²) in [6, 6.07) is 0. The fourth-order valence-electron chi connectivity index (χ4n) is 2.59. The second-order valence-corrected chi connectivity index (χ2v) is 10.7. The quantitative estimate of drug-likeness (QED) is 0.0891. The molecule has 37 heavy (non-hydrogen) atoms. The Labute approximate surface area is 223 Å². The molecule has 0 aromatic rings. The van der Waals surface area contributed by atoms with Gasteiger partial charge in [-0.05, 0) is 32.1 Å². The van der Waals surface area contributed by atoms with Crippen molar-refractivity contribution in [3.05, 3.63) is 48.6 Å². The number of hydrogen-bond acceptors (Lipinski definition) is 8. The molecular formula is C27H46NO8P. The summed E-state index contributed by atoms with van der Waals surface area (Å²) in [5.74, 6) is -1.04. The standard InChI is InChI=1S/C27H46NO8P/c1-6-8-9-10-11-12-13-14-15-16-17-18-19-20-27(30)36-25(23-33-26(29)7-2)24-35-37(31,32)34-22-21-28(3,4)5/h8-9,11-12,14-15,17-18,25H,6-7,10,13,16,19-24H2,1-5H3/b9-8-,12-11-,15-14-,18-17-. The number of nitrogens with zero attached hydrogens (tertiary/aromatic N) is 1. The summed E-state index contributed by atoms with van der Waals surface area (Å²) in [6.07, 6.45) is 19.8. The molecule has 0 fully saturated rings. The number of likely N-dealkylation sites (N-methyl/N-ethyl adjacent to an activating group) is 1. The summed E-state index contributed by atoms with van der Waals surface area (Å²) in [5, 5.41) is 0. The van der Waals surface area contributed by atoms with E-state index in [-0.39, 0.29) is 26.1 Å². The third-order valence-electron chi connectivity index (χ3n) is 4.68. The van der Waals surface area contributed by atoms with Gasteiger partial charge in [-0.2, -0.15) is 0 Å². The Balaban J connectivity index is 4.45. The average molecular weight is 544 g/mol. The molecule has 0 saturated carbocycles. The van der Waals surface area contributed by atoms with Crippen LogP contribution < -0.4 is 4.89 Å². The van der Waals surface area contributed by atoms with Crippen LogP contribution in [0.1, 0.15) is 58.8 Å². The van der Waals surface area contributed by atoms with E-state index < -0.39 is 32.5 Å². The minimum Gasteiger partial charge on any atom is -0.756 e. The van der Waals surface area contributed by atoms with Gasteiger partial charge in [-0.1, -0.05) is 62.5 Å². The lowest BCUT2D eigenvalue weighted by molar-refractivity contribution is -0.870. The molecule has 0 aromatic heterocycles. The molecule has 0 radical (unpaired) electrons. The number of carbonyl (C=O) groups is 2. The van der Waals surface area contributed by atoms with Gasteiger partial charge in [-0.15, -0.1) is 0 Å². The lowest BCUT2D eigenvalue weighted by atomic mass is 10.2. The third-order valence-corrected chi connectivity index (χ3v) is 5.65. The Morgan fingerprint density at radius 1 is 0.838 bits per heavy atom. The maximum Gasteiger partial charge on any atom is 0.306 e. The molecule has 0 bridgehead atoms. The van der Waals surface area contributed by atoms with Crippen LogP contribution in [0.25, 0.3) is 0 Å². The highest BCUT2D eigenvalue weighted by molar-refractivity contribution is 7.45. The van der Waals surface area contributed by atoms with E-state index in [0.29, 0.717) is 17.4 Å². The van der Waals surface area contributed by atoms with Crippen LogP contribution in [-0.2, 0) is 32.7 Å². The Morgan fingerprint density at radius 3 is 1.95 bits per heavy atom. The average Bonchev–Trinajstić information content (AvgIpc) is 2.82. The summed E-state index contributed by atoms with van der Waals surface area (Å²) < 4.78 is 32.6. The molecule has 0 amide bonds. The van der Waals surface area contributed by atoms with Gasteiger partial charge in [-0.3, -0.25) is 14.2 Å². The van der Waals surface area contributed by atoms with Crippen molar-refractivity contribution in [3.8, 4) is 0 Å². The monoisotopic (exact) mass is 543 g/mol. The summed E-state index contributed by atoms with van der Waals surface area (Å²) in [5.41, 5.74) is 0. The van der Waals surface area contributed by atoms with Crippen molar-refractivity contribution in [1.82, 2.24) is 0 Å². The predicted octanol–water partition coefficient (Wildman–Crippen LogP) is 4.64. The molecule has 9 nitrogen and oxygen atoms in total. The van der Waals surface area contributed by atoms with Gasteiger partial charge in [0, 0.05) is 12.8 Å². The maximum atomic E-state index is 12.2. The highest BCUT2D eigenvalue weighted by atomic mass is 31.2. The number of hydrogen-bond donors (Lipinski definition) is 0. The van der Waals surface area contributed by atoms with Crippen LogP contribution in [-0.4, -0.2) is 70.0 Å². The lowest BCUT2D eigenvalue weighted by Crippen LogP contribution is -2.37. The normalized spacial score (nSPS) is 15.1. The van der Waals surface area contributed by atoms with Crippen molar-refractivity contribution in [1.29, 1.82) is 0 Å². The van der Waals surface area contributed by atoms with Crippen LogP contribution in [0.5, 0.6) is 0 Å². The number of ether oxygens (including phenoxy) is 2. The molecule has 0 spiro atoms. The van der Waals surface area contributed by atoms with Crippen molar-refractivity contribution in [2.75, 3.05) is 47.5 Å². The molecule has 0 aliphatic rings. The van der Waals surface area contributed by atoms with E-state index in [1.807, 2.05) is 33.3 Å². The smallest absolute Gasteiger partial charge is 0.306 e. The highest BCUT2D eigenvalue weighted by Crippen LogP contribution is 2.38. The number of quaternary nitrogens is 1. The minimum absolute atomic E-state index is 0.0472. The number of allylic oxidation sites excluding steroid dienone is 8. The van der Waals surface area contributed by atoms with Crippen LogP contribution in [0.3, 0.4) is 0 Å². The first-order valence-electron chi connectivity index (χ1n) is 12.8. The van der Waals surface area contributed by atoms with E-state index >= 15 is 0 Å². The zero-order chi connectivity index (χ0) is 28.0. The number of esters is 2. The summed E-state index contributed by atoms with van der Waals surface area (Å²) >= 11 is 0. The second-order valence-electron chi connectivity index (χ2n) is 9.28. The first-order valence-corrected chi connectivity index (χ1v) is 14.3. The van der Waals surface area contributed by atoms with Crippen LogP contribution in [0.2, 0.25) is 0 Å². The van der Waals surface area contributed by atoms with E-state index in [9.17, 15) is 19.0 Å². The van der Waals surface area contributed by atoms with Gasteiger partial charge in [0.1, 0.15) is 19.8 Å². The lowest BCUT2D eigenvalue weighted by Gasteiger charge is -2.28. The van der Waals surface area contributed by atoms with E-state index in [0.717, 1.165) is 25.7 Å². The fourth-order valence-corrected chi connectivity index (χ4v) is 3.31. The SMILES string of the molecule is CC/C=C\C/C=C\C/C=C\C/C=C\CCC(=O)OC(COC(=O)CC)COP(=O)([O-])OCC[N+](C)(C)C. The van der Waals surface area contributed by atoms with Gasteiger partial charge in [0.05, 0.1) is 27.7 Å². The van der Waals surface area contributed by atoms with E-state index in [1.54, 1.807) is 6.92 Å². The highest BCUT2D eigenvalue weighted by Gasteiger charge is 2.21. The Morgan fingerprint density at radius 2 is 1.41 bits per heavy atom. The van der Waals surface area contributed by atoms with Crippen LogP contribution in [0.4, 0.5) is 0 Å². The van der Waals surface area contributed by atoms with Gasteiger partial charge >= 0.3 is 11.9 Å². The van der Waals surface area contributed by atoms with Crippen LogP contribution in [0, 0.1) is 0 Å². The summed E-state index contributed by atoms with van der Waals surface area (Å²) in [7, 11) is 1.10. The van der Waals surface area contributed by atoms with Crippen molar-refractivity contribution in [2.45, 2.75) is 64.9 Å². The van der Waals surface area contributed by atoms with Gasteiger partial charge in [-0.25, -0.2) is 0 Å². The maximum absolute atomic E-state index is 12.2. The first kappa shape index (κ1) is 35.0. The molecule has 0 heterocycles. The molecule has 212 valence electrons. The molecule has 0 aliphatic carbocycles. The summed E-state index contributed by atoms with van der Waals surface area (Å²) in [6.45, 7) is 3.34. The number of carbonyl (C=O) groups excluding carboxylic acids is 2. The Hall–Kier alpha value is -2.03. The number of phosphoric acid groups is 1. The predicted molar refractivity (Wildman–Crippen MR) is 143 cm³/mol. The van der Waals surface area contributed by atoms with Crippen molar-refractivity contribution >= 4 is 19.8 Å². The minimum atomic E-state index is -4.60.